The van der Waals surface area contributed by atoms with Crippen LogP contribution in [0.3, 0.4) is 0 Å². The molecule has 1 saturated heterocycles. The maximum atomic E-state index is 12.7. The Morgan fingerprint density at radius 2 is 1.89 bits per heavy atom. The summed E-state index contributed by atoms with van der Waals surface area (Å²) in [6.45, 7) is 7.83. The molecule has 3 rings (SSSR count). The third kappa shape index (κ3) is 4.41. The number of thioether (sulfide) groups is 1. The molecular formula is C19H26N4O3S2. The van der Waals surface area contributed by atoms with Gasteiger partial charge in [0.1, 0.15) is 5.82 Å². The number of anilines is 1. The van der Waals surface area contributed by atoms with E-state index in [-0.39, 0.29) is 28.6 Å². The number of amides is 1. The Morgan fingerprint density at radius 1 is 1.25 bits per heavy atom. The minimum absolute atomic E-state index is 0.104. The normalized spacial score (nSPS) is 19.5. The van der Waals surface area contributed by atoms with Gasteiger partial charge < -0.3 is 9.88 Å². The number of aryl methyl sites for hydroxylation is 3. The quantitative estimate of drug-likeness (QED) is 0.745. The lowest BCUT2D eigenvalue weighted by Gasteiger charge is -2.16. The van der Waals surface area contributed by atoms with E-state index in [1.165, 1.54) is 11.8 Å². The van der Waals surface area contributed by atoms with Crippen LogP contribution in [-0.4, -0.2) is 45.8 Å². The number of hydrogen-bond donors (Lipinski definition) is 1. The molecule has 1 fully saturated rings. The zero-order valence-electron chi connectivity index (χ0n) is 16.8. The smallest absolute Gasteiger partial charge is 0.237 e. The molecule has 1 aromatic carbocycles. The van der Waals surface area contributed by atoms with Crippen molar-refractivity contribution in [1.29, 1.82) is 0 Å². The zero-order chi connectivity index (χ0) is 20.6. The zero-order valence-corrected chi connectivity index (χ0v) is 18.4. The number of benzene rings is 1. The molecule has 152 valence electrons. The van der Waals surface area contributed by atoms with E-state index >= 15 is 0 Å². The number of aromatic nitrogens is 3. The molecule has 1 amide bonds. The van der Waals surface area contributed by atoms with E-state index in [2.05, 4.69) is 15.5 Å². The topological polar surface area (TPSA) is 94.0 Å². The van der Waals surface area contributed by atoms with Crippen LogP contribution in [-0.2, 0) is 21.7 Å². The maximum Gasteiger partial charge on any atom is 0.237 e. The molecule has 0 spiro atoms. The first-order valence-corrected chi connectivity index (χ1v) is 11.9. The molecule has 0 radical (unpaired) electrons. The molecule has 28 heavy (non-hydrogen) atoms. The van der Waals surface area contributed by atoms with Gasteiger partial charge in [-0.2, -0.15) is 0 Å². The van der Waals surface area contributed by atoms with Crippen LogP contribution in [0.25, 0.3) is 0 Å². The van der Waals surface area contributed by atoms with Gasteiger partial charge in [0.25, 0.3) is 0 Å². The highest BCUT2D eigenvalue weighted by molar-refractivity contribution is 8.00. The summed E-state index contributed by atoms with van der Waals surface area (Å²) in [6.07, 6.45) is 0.570. The SMILES string of the molecule is Cc1cc(C)c(NC(=O)C(C)Sc2nnc(C3CCS(=O)(=O)C3)n2C)c(C)c1. The largest absolute Gasteiger partial charge is 0.325 e. The first-order valence-electron chi connectivity index (χ1n) is 9.22. The minimum Gasteiger partial charge on any atom is -0.325 e. The van der Waals surface area contributed by atoms with Gasteiger partial charge in [0.05, 0.1) is 16.8 Å². The molecule has 1 aliphatic rings. The Hall–Kier alpha value is -1.87. The summed E-state index contributed by atoms with van der Waals surface area (Å²) in [4.78, 5) is 12.7. The lowest BCUT2D eigenvalue weighted by molar-refractivity contribution is -0.115. The first-order chi connectivity index (χ1) is 13.1. The molecule has 1 aromatic heterocycles. The fraction of sp³-hybridized carbons (Fsp3) is 0.526. The van der Waals surface area contributed by atoms with E-state index in [0.29, 0.717) is 17.4 Å². The van der Waals surface area contributed by atoms with Crippen LogP contribution in [0.1, 0.15) is 41.8 Å². The first kappa shape index (κ1) is 20.9. The number of nitrogens with zero attached hydrogens (tertiary/aromatic N) is 3. The predicted molar refractivity (Wildman–Crippen MR) is 112 cm³/mol. The molecular weight excluding hydrogens is 396 g/mol. The average molecular weight is 423 g/mol. The van der Waals surface area contributed by atoms with E-state index in [1.54, 1.807) is 0 Å². The number of nitrogens with one attached hydrogen (secondary N) is 1. The fourth-order valence-electron chi connectivity index (χ4n) is 3.60. The van der Waals surface area contributed by atoms with Crippen molar-refractivity contribution in [2.24, 2.45) is 7.05 Å². The van der Waals surface area contributed by atoms with Crippen molar-refractivity contribution < 1.29 is 13.2 Å². The Balaban J connectivity index is 1.70. The molecule has 2 unspecified atom stereocenters. The van der Waals surface area contributed by atoms with Crippen molar-refractivity contribution in [3.05, 3.63) is 34.6 Å². The number of sulfone groups is 1. The number of hydrogen-bond acceptors (Lipinski definition) is 6. The molecule has 2 aromatic rings. The molecule has 0 bridgehead atoms. The molecule has 2 heterocycles. The summed E-state index contributed by atoms with van der Waals surface area (Å²) in [6, 6.07) is 4.09. The van der Waals surface area contributed by atoms with Gasteiger partial charge in [0.15, 0.2) is 15.0 Å². The lowest BCUT2D eigenvalue weighted by atomic mass is 10.1. The van der Waals surface area contributed by atoms with Gasteiger partial charge in [-0.3, -0.25) is 4.79 Å². The highest BCUT2D eigenvalue weighted by Gasteiger charge is 2.33. The Bertz CT molecular complexity index is 991. The predicted octanol–water partition coefficient (Wildman–Crippen LogP) is 2.76. The third-order valence-electron chi connectivity index (χ3n) is 5.04. The van der Waals surface area contributed by atoms with Crippen molar-refractivity contribution in [3.63, 3.8) is 0 Å². The molecule has 0 saturated carbocycles. The van der Waals surface area contributed by atoms with Gasteiger partial charge in [-0.05, 0) is 45.2 Å². The van der Waals surface area contributed by atoms with Gasteiger partial charge in [-0.1, -0.05) is 29.5 Å². The highest BCUT2D eigenvalue weighted by atomic mass is 32.2. The number of carbonyl (C=O) groups is 1. The van der Waals surface area contributed by atoms with Gasteiger partial charge in [0, 0.05) is 18.7 Å². The summed E-state index contributed by atoms with van der Waals surface area (Å²) in [5.41, 5.74) is 4.08. The fourth-order valence-corrected chi connectivity index (χ4v) is 6.16. The van der Waals surface area contributed by atoms with Crippen LogP contribution in [0.15, 0.2) is 17.3 Å². The second-order valence-electron chi connectivity index (χ2n) is 7.52. The van der Waals surface area contributed by atoms with E-state index in [4.69, 9.17) is 0 Å². The second kappa shape index (κ2) is 7.87. The van der Waals surface area contributed by atoms with E-state index < -0.39 is 9.84 Å². The monoisotopic (exact) mass is 422 g/mol. The van der Waals surface area contributed by atoms with E-state index in [9.17, 15) is 13.2 Å². The van der Waals surface area contributed by atoms with Crippen molar-refractivity contribution >= 4 is 33.2 Å². The summed E-state index contributed by atoms with van der Waals surface area (Å²) >= 11 is 1.32. The van der Waals surface area contributed by atoms with Crippen LogP contribution in [0.5, 0.6) is 0 Å². The van der Waals surface area contributed by atoms with Crippen LogP contribution >= 0.6 is 11.8 Å². The van der Waals surface area contributed by atoms with Crippen molar-refractivity contribution in [2.45, 2.75) is 50.4 Å². The third-order valence-corrected chi connectivity index (χ3v) is 7.94. The van der Waals surface area contributed by atoms with Crippen molar-refractivity contribution in [2.75, 3.05) is 16.8 Å². The maximum absolute atomic E-state index is 12.7. The minimum atomic E-state index is -2.99. The lowest BCUT2D eigenvalue weighted by Crippen LogP contribution is -2.24. The van der Waals surface area contributed by atoms with E-state index in [1.807, 2.05) is 51.4 Å². The van der Waals surface area contributed by atoms with Gasteiger partial charge in [-0.15, -0.1) is 10.2 Å². The van der Waals surface area contributed by atoms with Gasteiger partial charge >= 0.3 is 0 Å². The van der Waals surface area contributed by atoms with Crippen molar-refractivity contribution in [1.82, 2.24) is 14.8 Å². The summed E-state index contributed by atoms with van der Waals surface area (Å²) < 4.78 is 25.3. The van der Waals surface area contributed by atoms with Crippen molar-refractivity contribution in [3.8, 4) is 0 Å². The van der Waals surface area contributed by atoms with Crippen LogP contribution in [0.4, 0.5) is 5.69 Å². The number of carbonyl (C=O) groups excluding carboxylic acids is 1. The molecule has 1 aliphatic heterocycles. The molecule has 9 heteroatoms. The highest BCUT2D eigenvalue weighted by Crippen LogP contribution is 2.31. The Morgan fingerprint density at radius 3 is 2.46 bits per heavy atom. The van der Waals surface area contributed by atoms with Gasteiger partial charge in [-0.25, -0.2) is 8.42 Å². The summed E-state index contributed by atoms with van der Waals surface area (Å²) in [7, 11) is -1.16. The standard InChI is InChI=1S/C19H26N4O3S2/c1-11-8-12(2)16(13(3)9-11)20-18(24)14(4)27-19-22-21-17(23(19)5)15-6-7-28(25,26)10-15/h8-9,14-15H,6-7,10H2,1-5H3,(H,20,24). The average Bonchev–Trinajstić information content (AvgIpc) is 3.13. The Labute approximate surface area is 170 Å². The van der Waals surface area contributed by atoms with Crippen LogP contribution in [0.2, 0.25) is 0 Å². The molecule has 0 aliphatic carbocycles. The molecule has 7 nitrogen and oxygen atoms in total. The molecule has 1 N–H and O–H groups in total. The number of rotatable bonds is 5. The van der Waals surface area contributed by atoms with Crippen LogP contribution in [0, 0.1) is 20.8 Å². The Kier molecular flexibility index (Phi) is 5.86. The summed E-state index contributed by atoms with van der Waals surface area (Å²) in [5, 5.41) is 11.6. The second-order valence-corrected chi connectivity index (χ2v) is 11.1. The van der Waals surface area contributed by atoms with Gasteiger partial charge in [0.2, 0.25) is 5.91 Å². The van der Waals surface area contributed by atoms with Crippen LogP contribution < -0.4 is 5.32 Å². The summed E-state index contributed by atoms with van der Waals surface area (Å²) in [5.74, 6) is 0.750. The molecule has 2 atom stereocenters. The van der Waals surface area contributed by atoms with E-state index in [0.717, 1.165) is 22.4 Å².